The summed E-state index contributed by atoms with van der Waals surface area (Å²) in [5, 5.41) is 0. The first-order valence-electron chi connectivity index (χ1n) is 8.76. The van der Waals surface area contributed by atoms with Crippen molar-refractivity contribution in [3.63, 3.8) is 0 Å². The van der Waals surface area contributed by atoms with Crippen LogP contribution in [0.4, 0.5) is 10.1 Å². The molecule has 1 heterocycles. The number of methoxy groups -OCH3 is 1. The summed E-state index contributed by atoms with van der Waals surface area (Å²) in [6.45, 7) is 2.83. The van der Waals surface area contributed by atoms with Gasteiger partial charge in [-0.3, -0.25) is 14.5 Å². The van der Waals surface area contributed by atoms with E-state index in [2.05, 4.69) is 0 Å². The average molecular weight is 368 g/mol. The van der Waals surface area contributed by atoms with Gasteiger partial charge in [-0.1, -0.05) is 30.3 Å². The van der Waals surface area contributed by atoms with Gasteiger partial charge in [-0.2, -0.15) is 0 Å². The van der Waals surface area contributed by atoms with Crippen LogP contribution < -0.4 is 4.90 Å². The van der Waals surface area contributed by atoms with Crippen LogP contribution in [-0.2, 0) is 14.3 Å². The molecule has 3 rings (SSSR count). The summed E-state index contributed by atoms with van der Waals surface area (Å²) in [7, 11) is 1.52. The number of rotatable bonds is 7. The molecule has 1 aliphatic heterocycles. The highest BCUT2D eigenvalue weighted by Gasteiger charge is 2.41. The minimum atomic E-state index is -0.399. The summed E-state index contributed by atoms with van der Waals surface area (Å²) in [6, 6.07) is 15.0. The summed E-state index contributed by atoms with van der Waals surface area (Å²) in [4.78, 5) is 29.2. The largest absolute Gasteiger partial charge is 0.383 e. The molecule has 0 aromatic heterocycles. The quantitative estimate of drug-likeness (QED) is 0.705. The molecule has 0 N–H and O–H groups in total. The van der Waals surface area contributed by atoms with Crippen molar-refractivity contribution >= 4 is 23.1 Å². The van der Waals surface area contributed by atoms with Crippen LogP contribution in [0.25, 0.3) is 5.57 Å². The number of carbonyl (C=O) groups is 2. The highest BCUT2D eigenvalue weighted by molar-refractivity contribution is 6.36. The average Bonchev–Trinajstić information content (AvgIpc) is 2.93. The number of ether oxygens (including phenoxy) is 1. The number of anilines is 1. The Morgan fingerprint density at radius 3 is 2.26 bits per heavy atom. The Labute approximate surface area is 157 Å². The molecule has 0 aliphatic carbocycles. The van der Waals surface area contributed by atoms with Crippen LogP contribution in [0.2, 0.25) is 0 Å². The molecule has 0 saturated heterocycles. The molecule has 6 heteroatoms. The number of hydrogen-bond acceptors (Lipinski definition) is 4. The van der Waals surface area contributed by atoms with Crippen molar-refractivity contribution in [2.75, 3.05) is 31.7 Å². The maximum Gasteiger partial charge on any atom is 0.278 e. The second kappa shape index (κ2) is 8.14. The van der Waals surface area contributed by atoms with Crippen LogP contribution in [0.3, 0.4) is 0 Å². The van der Waals surface area contributed by atoms with Gasteiger partial charge in [0.05, 0.1) is 18.7 Å². The number of nitrogens with zero attached hydrogens (tertiary/aromatic N) is 2. The molecule has 2 aromatic carbocycles. The van der Waals surface area contributed by atoms with Gasteiger partial charge in [0.1, 0.15) is 11.5 Å². The molecule has 27 heavy (non-hydrogen) atoms. The Kier molecular flexibility index (Phi) is 5.66. The van der Waals surface area contributed by atoms with Crippen molar-refractivity contribution in [1.82, 2.24) is 4.90 Å². The number of likely N-dealkylation sites (N-methyl/N-ethyl adjacent to an activating group) is 1. The molecule has 0 saturated carbocycles. The summed E-state index contributed by atoms with van der Waals surface area (Å²) >= 11 is 0. The van der Waals surface area contributed by atoms with E-state index < -0.39 is 11.7 Å². The molecule has 1 aliphatic rings. The van der Waals surface area contributed by atoms with Crippen molar-refractivity contribution < 1.29 is 18.7 Å². The predicted octanol–water partition coefficient (Wildman–Crippen LogP) is 3.08. The van der Waals surface area contributed by atoms with Gasteiger partial charge in [-0.05, 0) is 36.8 Å². The summed E-state index contributed by atoms with van der Waals surface area (Å²) in [5.41, 5.74) is 1.90. The Morgan fingerprint density at radius 1 is 1.00 bits per heavy atom. The van der Waals surface area contributed by atoms with E-state index in [9.17, 15) is 14.0 Å². The van der Waals surface area contributed by atoms with Gasteiger partial charge in [0.2, 0.25) is 0 Å². The van der Waals surface area contributed by atoms with E-state index in [1.54, 1.807) is 0 Å². The summed E-state index contributed by atoms with van der Waals surface area (Å²) in [6.07, 6.45) is 0. The Hall–Kier alpha value is -2.99. The second-order valence-electron chi connectivity index (χ2n) is 6.07. The van der Waals surface area contributed by atoms with E-state index >= 15 is 0 Å². The van der Waals surface area contributed by atoms with Crippen molar-refractivity contribution in [2.24, 2.45) is 0 Å². The van der Waals surface area contributed by atoms with Crippen LogP contribution in [0.5, 0.6) is 0 Å². The lowest BCUT2D eigenvalue weighted by molar-refractivity contribution is -0.137. The third kappa shape index (κ3) is 3.61. The van der Waals surface area contributed by atoms with E-state index in [0.717, 1.165) is 5.69 Å². The SMILES string of the molecule is CCN(C1=C(c2ccc(F)cc2)C(=O)N(CCOC)C1=O)c1ccccc1. The lowest BCUT2D eigenvalue weighted by Gasteiger charge is -2.24. The highest BCUT2D eigenvalue weighted by Crippen LogP contribution is 2.34. The predicted molar refractivity (Wildman–Crippen MR) is 101 cm³/mol. The van der Waals surface area contributed by atoms with E-state index in [4.69, 9.17) is 4.74 Å². The van der Waals surface area contributed by atoms with Gasteiger partial charge < -0.3 is 9.64 Å². The number of hydrogen-bond donors (Lipinski definition) is 0. The minimum Gasteiger partial charge on any atom is -0.383 e. The zero-order valence-electron chi connectivity index (χ0n) is 15.3. The van der Waals surface area contributed by atoms with Gasteiger partial charge in [0, 0.05) is 19.3 Å². The van der Waals surface area contributed by atoms with Crippen LogP contribution >= 0.6 is 0 Å². The van der Waals surface area contributed by atoms with Crippen LogP contribution in [0, 0.1) is 5.82 Å². The van der Waals surface area contributed by atoms with E-state index in [1.165, 1.54) is 36.3 Å². The second-order valence-corrected chi connectivity index (χ2v) is 6.07. The highest BCUT2D eigenvalue weighted by atomic mass is 19.1. The Balaban J connectivity index is 2.14. The van der Waals surface area contributed by atoms with Crippen LogP contribution in [-0.4, -0.2) is 43.5 Å². The number of halogens is 1. The number of para-hydroxylation sites is 1. The van der Waals surface area contributed by atoms with E-state index in [1.807, 2.05) is 42.2 Å². The molecular formula is C21H21FN2O3. The maximum atomic E-state index is 13.4. The zero-order chi connectivity index (χ0) is 19.4. The topological polar surface area (TPSA) is 49.9 Å². The standard InChI is InChI=1S/C21H21FN2O3/c1-3-23(17-7-5-4-6-8-17)19-18(15-9-11-16(22)12-10-15)20(25)24(21(19)26)13-14-27-2/h4-12H,3,13-14H2,1-2H3. The van der Waals surface area contributed by atoms with Gasteiger partial charge >= 0.3 is 0 Å². The molecule has 0 radical (unpaired) electrons. The number of amides is 2. The number of carbonyl (C=O) groups excluding carboxylic acids is 2. The third-order valence-electron chi connectivity index (χ3n) is 4.45. The molecule has 0 fully saturated rings. The van der Waals surface area contributed by atoms with Crippen molar-refractivity contribution in [3.05, 3.63) is 71.7 Å². The fourth-order valence-electron chi connectivity index (χ4n) is 3.15. The fourth-order valence-corrected chi connectivity index (χ4v) is 3.15. The normalized spacial score (nSPS) is 14.3. The molecule has 0 spiro atoms. The lowest BCUT2D eigenvalue weighted by Crippen LogP contribution is -2.37. The summed E-state index contributed by atoms with van der Waals surface area (Å²) < 4.78 is 18.4. The molecule has 0 bridgehead atoms. The first-order valence-corrected chi connectivity index (χ1v) is 8.76. The van der Waals surface area contributed by atoms with E-state index in [-0.39, 0.29) is 24.6 Å². The minimum absolute atomic E-state index is 0.161. The zero-order valence-corrected chi connectivity index (χ0v) is 15.3. The molecule has 0 atom stereocenters. The third-order valence-corrected chi connectivity index (χ3v) is 4.45. The van der Waals surface area contributed by atoms with Crippen LogP contribution in [0.15, 0.2) is 60.3 Å². The monoisotopic (exact) mass is 368 g/mol. The van der Waals surface area contributed by atoms with Gasteiger partial charge in [0.25, 0.3) is 11.8 Å². The maximum absolute atomic E-state index is 13.4. The van der Waals surface area contributed by atoms with Gasteiger partial charge in [-0.25, -0.2) is 4.39 Å². The summed E-state index contributed by atoms with van der Waals surface area (Å²) in [5.74, 6) is -1.17. The molecule has 2 aromatic rings. The Morgan fingerprint density at radius 2 is 1.67 bits per heavy atom. The molecule has 0 unspecified atom stereocenters. The number of imide groups is 1. The van der Waals surface area contributed by atoms with Crippen molar-refractivity contribution in [2.45, 2.75) is 6.92 Å². The van der Waals surface area contributed by atoms with E-state index in [0.29, 0.717) is 17.8 Å². The van der Waals surface area contributed by atoms with Crippen molar-refractivity contribution in [1.29, 1.82) is 0 Å². The Bertz CT molecular complexity index is 863. The lowest BCUT2D eigenvalue weighted by atomic mass is 10.0. The van der Waals surface area contributed by atoms with Crippen molar-refractivity contribution in [3.8, 4) is 0 Å². The van der Waals surface area contributed by atoms with Gasteiger partial charge in [-0.15, -0.1) is 0 Å². The van der Waals surface area contributed by atoms with Gasteiger partial charge in [0.15, 0.2) is 0 Å². The van der Waals surface area contributed by atoms with Crippen LogP contribution in [0.1, 0.15) is 12.5 Å². The fraction of sp³-hybridized carbons (Fsp3) is 0.238. The molecule has 5 nitrogen and oxygen atoms in total. The molecule has 2 amide bonds. The smallest absolute Gasteiger partial charge is 0.278 e. The molecular weight excluding hydrogens is 347 g/mol. The molecule has 140 valence electrons. The first kappa shape index (κ1) is 18.8. The first-order chi connectivity index (χ1) is 13.1. The number of benzene rings is 2.